The highest BCUT2D eigenvalue weighted by Gasteiger charge is 2.28. The van der Waals surface area contributed by atoms with E-state index in [1.54, 1.807) is 12.4 Å². The third-order valence-electron chi connectivity index (χ3n) is 26.1. The van der Waals surface area contributed by atoms with Crippen molar-refractivity contribution < 1.29 is 4.57 Å². The molecule has 0 aliphatic carbocycles. The number of benzene rings is 15. The van der Waals surface area contributed by atoms with Crippen LogP contribution in [0.2, 0.25) is 0 Å². The van der Waals surface area contributed by atoms with E-state index >= 15 is 0 Å². The number of imidazole rings is 6. The second-order valence-corrected chi connectivity index (χ2v) is 34.9. The minimum atomic E-state index is 0.720. The lowest BCUT2D eigenvalue weighted by molar-refractivity contribution is -0.556. The Morgan fingerprint density at radius 1 is 0.194 bits per heavy atom. The lowest BCUT2D eigenvalue weighted by Gasteiger charge is -2.14. The maximum absolute atomic E-state index is 5.11. The zero-order valence-electron chi connectivity index (χ0n) is 77.6. The summed E-state index contributed by atoms with van der Waals surface area (Å²) in [6.07, 6.45) is 10.9. The molecule has 18 nitrogen and oxygen atoms in total. The molecule has 0 bridgehead atoms. The Balaban J connectivity index is 0.000000116. The standard InChI is InChI=1S/C54H36N6.2C36H24N6/c1-3-13-41(14-4-1)45-17-7-9-21-49(45)59-51(57-47-19-11-35-55-53(47)59)43-31-27-39(28-32-43)37-23-25-38(26-24-37)40-29-33-44(34-30-40)52-58-48-20-12-36-56-54(48)60(52)50-22-10-8-18-46(50)42-15-5-2-6-16-42;1-3-15-29(16-4-1)41-31-19-9-21-37-33(31)39-35(41)27-13-7-11-25(23-27)26-12-8-14-28(24-26)36-40-34-32(20-10-22-38-34)42(36)30-17-5-2-6-18-30;1-3-15-29(16-4-1)41-33(39-31-19-9-21-37-35(31)41)27-13-7-11-25(23-27)26-12-8-14-28(24-26)34-40-32-20-10-22-38-36(32)42(34)30-17-5-2-6-18-30/h1-36H;2*1-24H/p+1. The van der Waals surface area contributed by atoms with Gasteiger partial charge in [-0.3, -0.25) is 27.8 Å². The molecule has 12 aromatic heterocycles. The van der Waals surface area contributed by atoms with Gasteiger partial charge in [0.15, 0.2) is 33.8 Å². The highest BCUT2D eigenvalue weighted by atomic mass is 15.2. The van der Waals surface area contributed by atoms with Crippen LogP contribution in [0.25, 0.3) is 236 Å². The molecule has 0 amide bonds. The van der Waals surface area contributed by atoms with Crippen molar-refractivity contribution in [1.82, 2.24) is 82.6 Å². The third-order valence-corrected chi connectivity index (χ3v) is 26.1. The number of hydrogen-bond acceptors (Lipinski definition) is 11. The second-order valence-electron chi connectivity index (χ2n) is 34.9. The second kappa shape index (κ2) is 37.8. The van der Waals surface area contributed by atoms with Crippen molar-refractivity contribution in [1.29, 1.82) is 0 Å². The minimum Gasteiger partial charge on any atom is -0.291 e. The lowest BCUT2D eigenvalue weighted by Crippen LogP contribution is -2.33. The van der Waals surface area contributed by atoms with Crippen molar-refractivity contribution in [3.8, 4) is 169 Å². The maximum Gasteiger partial charge on any atom is 0.307 e. The Kier molecular flexibility index (Phi) is 22.5. The number of nitrogens with one attached hydrogen (secondary N) is 1. The first-order chi connectivity index (χ1) is 71.4. The Morgan fingerprint density at radius 3 is 0.931 bits per heavy atom. The first-order valence-electron chi connectivity index (χ1n) is 47.8. The van der Waals surface area contributed by atoms with Crippen LogP contribution in [0.5, 0.6) is 0 Å². The van der Waals surface area contributed by atoms with Crippen LogP contribution >= 0.6 is 0 Å². The first kappa shape index (κ1) is 85.7. The van der Waals surface area contributed by atoms with Gasteiger partial charge >= 0.3 is 5.65 Å². The van der Waals surface area contributed by atoms with Gasteiger partial charge in [-0.1, -0.05) is 303 Å². The van der Waals surface area contributed by atoms with Crippen LogP contribution in [-0.4, -0.2) is 82.6 Å². The molecule has 0 fully saturated rings. The summed E-state index contributed by atoms with van der Waals surface area (Å²) in [6.45, 7) is 0. The molecule has 0 unspecified atom stereocenters. The summed E-state index contributed by atoms with van der Waals surface area (Å²) in [7, 11) is 0. The Morgan fingerprint density at radius 2 is 0.500 bits per heavy atom. The van der Waals surface area contributed by atoms with Crippen molar-refractivity contribution in [3.63, 3.8) is 0 Å². The van der Waals surface area contributed by atoms with Crippen LogP contribution in [0.15, 0.2) is 510 Å². The Labute approximate surface area is 828 Å². The topological polar surface area (TPSA) is 186 Å². The summed E-state index contributed by atoms with van der Waals surface area (Å²) in [6, 6.07) is 163. The molecule has 0 saturated heterocycles. The number of aromatic nitrogens is 18. The van der Waals surface area contributed by atoms with Crippen molar-refractivity contribution in [3.05, 3.63) is 510 Å². The predicted octanol–water partition coefficient (Wildman–Crippen LogP) is 28.9. The number of pyridine rings is 6. The van der Waals surface area contributed by atoms with Crippen LogP contribution in [0, 0.1) is 0 Å². The summed E-state index contributed by atoms with van der Waals surface area (Å²) in [5.74, 6) is 5.24. The molecule has 0 radical (unpaired) electrons. The lowest BCUT2D eigenvalue weighted by atomic mass is 9.98. The van der Waals surface area contributed by atoms with E-state index in [1.165, 1.54) is 0 Å². The SMILES string of the molecule is c1ccc(-c2ccccc2-n2c(-c3ccc(-c4ccc(-c5ccc(-c6[nH]c7cccnc7[n+]6-c6ccccc6-c6ccccc6)cc5)cc4)cc3)nc3cccnc32)cc1.c1ccc(-n2c(-c3cccc(-c4cccc(-c5nc6cccnc6n5-c5ccccc5)c4)c3)nc3cccnc32)cc1.c1ccc(-n2c(-c3cccc(-c4cccc(-c5nc6ncccc6n5-c5ccccc5)c4)c3)nc3ncccc32)cc1. The Hall–Kier alpha value is -20.0. The average Bonchev–Trinajstić information content (AvgIpc) is 1.66. The summed E-state index contributed by atoms with van der Waals surface area (Å²) < 4.78 is 13.0. The fourth-order valence-corrected chi connectivity index (χ4v) is 19.4. The van der Waals surface area contributed by atoms with Gasteiger partial charge in [0.1, 0.15) is 57.6 Å². The van der Waals surface area contributed by atoms with Gasteiger partial charge in [0, 0.05) is 98.2 Å². The molecule has 0 saturated carbocycles. The third kappa shape index (κ3) is 16.4. The van der Waals surface area contributed by atoms with Gasteiger partial charge in [0.2, 0.25) is 5.82 Å². The molecular formula is C126H85N18+. The van der Waals surface area contributed by atoms with E-state index in [-0.39, 0.29) is 0 Å². The number of H-pyrrole nitrogens is 1. The molecule has 27 rings (SSSR count). The number of fused-ring (bicyclic) bond motifs is 6. The van der Waals surface area contributed by atoms with Crippen LogP contribution < -0.4 is 4.57 Å². The zero-order valence-corrected chi connectivity index (χ0v) is 77.6. The quantitative estimate of drug-likeness (QED) is 0.0806. The molecule has 0 aliphatic rings. The summed E-state index contributed by atoms with van der Waals surface area (Å²) in [5.41, 5.74) is 36.2. The average molecular weight is 1850 g/mol. The zero-order chi connectivity index (χ0) is 95.6. The summed E-state index contributed by atoms with van der Waals surface area (Å²) >= 11 is 0. The molecule has 0 atom stereocenters. The van der Waals surface area contributed by atoms with E-state index < -0.39 is 0 Å². The molecule has 0 spiro atoms. The van der Waals surface area contributed by atoms with E-state index in [2.05, 4.69) is 392 Å². The highest BCUT2D eigenvalue weighted by Crippen LogP contribution is 2.42. The van der Waals surface area contributed by atoms with Crippen molar-refractivity contribution in [2.75, 3.05) is 0 Å². The number of aromatic amines is 1. The molecule has 15 aromatic carbocycles. The first-order valence-corrected chi connectivity index (χ1v) is 47.8. The van der Waals surface area contributed by atoms with Gasteiger partial charge in [-0.05, 0) is 225 Å². The number of para-hydroxylation sites is 6. The van der Waals surface area contributed by atoms with Crippen molar-refractivity contribution >= 4 is 67.0 Å². The van der Waals surface area contributed by atoms with E-state index in [9.17, 15) is 0 Å². The van der Waals surface area contributed by atoms with Gasteiger partial charge in [0.05, 0.1) is 16.7 Å². The molecular weight excluding hydrogens is 1770 g/mol. The van der Waals surface area contributed by atoms with Crippen LogP contribution in [-0.2, 0) is 0 Å². The molecule has 0 aliphatic heterocycles. The molecule has 27 aromatic rings. The van der Waals surface area contributed by atoms with Gasteiger partial charge in [-0.15, -0.1) is 4.98 Å². The largest absolute Gasteiger partial charge is 0.307 e. The van der Waals surface area contributed by atoms with Crippen LogP contribution in [0.1, 0.15) is 0 Å². The van der Waals surface area contributed by atoms with Gasteiger partial charge in [0.25, 0.3) is 0 Å². The van der Waals surface area contributed by atoms with Gasteiger partial charge in [-0.2, -0.15) is 4.57 Å². The van der Waals surface area contributed by atoms with E-state index in [4.69, 9.17) is 34.9 Å². The van der Waals surface area contributed by atoms with Crippen LogP contribution in [0.4, 0.5) is 0 Å². The van der Waals surface area contributed by atoms with Crippen molar-refractivity contribution in [2.45, 2.75) is 0 Å². The highest BCUT2D eigenvalue weighted by molar-refractivity contribution is 5.90. The minimum absolute atomic E-state index is 0.720. The normalized spacial score (nSPS) is 11.3. The molecule has 12 heterocycles. The number of hydrogen-bond donors (Lipinski definition) is 1. The van der Waals surface area contributed by atoms with E-state index in [0.29, 0.717) is 0 Å². The fourth-order valence-electron chi connectivity index (χ4n) is 19.4. The maximum atomic E-state index is 5.11. The molecule has 1 N–H and O–H groups in total. The molecule has 18 heteroatoms. The van der Waals surface area contributed by atoms with Crippen LogP contribution in [0.3, 0.4) is 0 Å². The van der Waals surface area contributed by atoms with Gasteiger partial charge in [-0.25, -0.2) is 49.8 Å². The van der Waals surface area contributed by atoms with E-state index in [0.717, 1.165) is 236 Å². The summed E-state index contributed by atoms with van der Waals surface area (Å²) in [5, 5.41) is 0. The smallest absolute Gasteiger partial charge is 0.291 e. The van der Waals surface area contributed by atoms with Gasteiger partial charge < -0.3 is 0 Å². The van der Waals surface area contributed by atoms with E-state index in [1.807, 2.05) is 158 Å². The number of nitrogens with zero attached hydrogens (tertiary/aromatic N) is 17. The summed E-state index contributed by atoms with van der Waals surface area (Å²) in [4.78, 5) is 56.8. The number of rotatable bonds is 18. The predicted molar refractivity (Wildman–Crippen MR) is 578 cm³/mol. The van der Waals surface area contributed by atoms with Crippen molar-refractivity contribution in [2.24, 2.45) is 0 Å². The molecule has 678 valence electrons. The monoisotopic (exact) mass is 1850 g/mol. The molecule has 144 heavy (non-hydrogen) atoms. The Bertz CT molecular complexity index is 8510. The fraction of sp³-hybridized carbons (Fsp3) is 0.